The fourth-order valence-electron chi connectivity index (χ4n) is 3.02. The highest BCUT2D eigenvalue weighted by molar-refractivity contribution is 5.95. The molecule has 1 fully saturated rings. The number of carbonyl (C=O) groups is 2. The number of halogens is 1. The predicted molar refractivity (Wildman–Crippen MR) is 76.6 cm³/mol. The van der Waals surface area contributed by atoms with E-state index in [0.717, 1.165) is 18.4 Å². The van der Waals surface area contributed by atoms with Crippen LogP contribution in [0.3, 0.4) is 0 Å². The first kappa shape index (κ1) is 15.5. The van der Waals surface area contributed by atoms with Crippen LogP contribution >= 0.6 is 0 Å². The van der Waals surface area contributed by atoms with Crippen LogP contribution < -0.4 is 5.32 Å². The van der Waals surface area contributed by atoms with Crippen LogP contribution in [0.25, 0.3) is 0 Å². The molecule has 1 aliphatic carbocycles. The highest BCUT2D eigenvalue weighted by Gasteiger charge is 2.42. The number of carboxylic acids is 1. The van der Waals surface area contributed by atoms with Crippen molar-refractivity contribution in [2.24, 2.45) is 5.92 Å². The zero-order chi connectivity index (χ0) is 15.6. The van der Waals surface area contributed by atoms with Crippen LogP contribution in [0.2, 0.25) is 0 Å². The van der Waals surface area contributed by atoms with E-state index in [1.165, 1.54) is 12.1 Å². The van der Waals surface area contributed by atoms with Gasteiger partial charge in [-0.15, -0.1) is 0 Å². The molecule has 0 aromatic heterocycles. The molecule has 2 rings (SSSR count). The molecule has 1 amide bonds. The average molecular weight is 293 g/mol. The summed E-state index contributed by atoms with van der Waals surface area (Å²) in [5.74, 6) is -2.69. The number of amides is 1. The average Bonchev–Trinajstić information content (AvgIpc) is 2.41. The summed E-state index contributed by atoms with van der Waals surface area (Å²) < 4.78 is 13.8. The lowest BCUT2D eigenvalue weighted by Crippen LogP contribution is -2.55. The van der Waals surface area contributed by atoms with Gasteiger partial charge in [0, 0.05) is 0 Å². The molecule has 0 bridgehead atoms. The van der Waals surface area contributed by atoms with Gasteiger partial charge in [-0.25, -0.2) is 4.39 Å². The normalized spacial score (nSPS) is 25.4. The zero-order valence-electron chi connectivity index (χ0n) is 12.3. The molecular formula is C16H20FNO3. The Morgan fingerprint density at radius 2 is 2.10 bits per heavy atom. The third-order valence-electron chi connectivity index (χ3n) is 4.27. The quantitative estimate of drug-likeness (QED) is 0.900. The van der Waals surface area contributed by atoms with Crippen LogP contribution in [0.4, 0.5) is 4.39 Å². The lowest BCUT2D eigenvalue weighted by molar-refractivity contribution is -0.145. The van der Waals surface area contributed by atoms with Crippen molar-refractivity contribution in [2.45, 2.75) is 45.1 Å². The molecule has 1 aromatic carbocycles. The van der Waals surface area contributed by atoms with Crippen molar-refractivity contribution in [3.8, 4) is 0 Å². The second-order valence-corrected chi connectivity index (χ2v) is 5.99. The topological polar surface area (TPSA) is 66.4 Å². The van der Waals surface area contributed by atoms with Crippen molar-refractivity contribution in [2.75, 3.05) is 0 Å². The van der Waals surface area contributed by atoms with Gasteiger partial charge in [0.25, 0.3) is 5.91 Å². The summed E-state index contributed by atoms with van der Waals surface area (Å²) in [7, 11) is 0. The minimum Gasteiger partial charge on any atom is -0.481 e. The largest absolute Gasteiger partial charge is 0.481 e. The number of hydrogen-bond donors (Lipinski definition) is 2. The van der Waals surface area contributed by atoms with Gasteiger partial charge in [-0.1, -0.05) is 24.5 Å². The molecule has 0 radical (unpaired) electrons. The molecule has 114 valence electrons. The summed E-state index contributed by atoms with van der Waals surface area (Å²) in [6.07, 6.45) is 2.81. The molecule has 21 heavy (non-hydrogen) atoms. The molecule has 4 nitrogen and oxygen atoms in total. The highest BCUT2D eigenvalue weighted by Crippen LogP contribution is 2.34. The van der Waals surface area contributed by atoms with Crippen molar-refractivity contribution < 1.29 is 19.1 Å². The summed E-state index contributed by atoms with van der Waals surface area (Å²) in [6, 6.07) is 4.32. The van der Waals surface area contributed by atoms with Crippen molar-refractivity contribution in [1.29, 1.82) is 0 Å². The maximum Gasteiger partial charge on any atom is 0.308 e. The summed E-state index contributed by atoms with van der Waals surface area (Å²) in [5.41, 5.74) is -0.0896. The van der Waals surface area contributed by atoms with Gasteiger partial charge in [0.2, 0.25) is 0 Å². The van der Waals surface area contributed by atoms with Gasteiger partial charge in [0.05, 0.1) is 17.0 Å². The summed E-state index contributed by atoms with van der Waals surface area (Å²) in [6.45, 7) is 3.51. The van der Waals surface area contributed by atoms with Crippen LogP contribution in [0.5, 0.6) is 0 Å². The minimum atomic E-state index is -0.915. The number of benzene rings is 1. The number of aliphatic carboxylic acids is 1. The Labute approximate surface area is 123 Å². The Kier molecular flexibility index (Phi) is 4.30. The Morgan fingerprint density at radius 1 is 1.38 bits per heavy atom. The van der Waals surface area contributed by atoms with E-state index in [9.17, 15) is 19.1 Å². The fraction of sp³-hybridized carbons (Fsp3) is 0.500. The molecule has 1 saturated carbocycles. The first-order chi connectivity index (χ1) is 9.83. The van der Waals surface area contributed by atoms with E-state index in [1.54, 1.807) is 19.9 Å². The molecule has 0 heterocycles. The van der Waals surface area contributed by atoms with Crippen molar-refractivity contribution >= 4 is 11.9 Å². The van der Waals surface area contributed by atoms with E-state index in [0.29, 0.717) is 12.8 Å². The van der Waals surface area contributed by atoms with E-state index in [-0.39, 0.29) is 5.56 Å². The fourth-order valence-corrected chi connectivity index (χ4v) is 3.02. The maximum absolute atomic E-state index is 13.8. The van der Waals surface area contributed by atoms with Crippen molar-refractivity contribution in [3.63, 3.8) is 0 Å². The summed E-state index contributed by atoms with van der Waals surface area (Å²) >= 11 is 0. The molecule has 2 atom stereocenters. The number of carbonyl (C=O) groups excluding carboxylic acids is 1. The Hall–Kier alpha value is -1.91. The number of rotatable bonds is 3. The molecular weight excluding hydrogens is 273 g/mol. The summed E-state index contributed by atoms with van der Waals surface area (Å²) in [4.78, 5) is 23.7. The van der Waals surface area contributed by atoms with E-state index in [1.807, 2.05) is 0 Å². The second-order valence-electron chi connectivity index (χ2n) is 5.99. The van der Waals surface area contributed by atoms with Gasteiger partial charge in [0.15, 0.2) is 0 Å². The molecule has 0 aliphatic heterocycles. The Morgan fingerprint density at radius 3 is 2.76 bits per heavy atom. The molecule has 1 aromatic rings. The molecule has 5 heteroatoms. The van der Waals surface area contributed by atoms with E-state index in [4.69, 9.17) is 0 Å². The third kappa shape index (κ3) is 3.23. The van der Waals surface area contributed by atoms with Crippen LogP contribution in [0.1, 0.15) is 48.5 Å². The number of aryl methyl sites for hydroxylation is 1. The van der Waals surface area contributed by atoms with E-state index >= 15 is 0 Å². The van der Waals surface area contributed by atoms with Crippen molar-refractivity contribution in [3.05, 3.63) is 35.1 Å². The van der Waals surface area contributed by atoms with Crippen molar-refractivity contribution in [1.82, 2.24) is 5.32 Å². The number of nitrogens with one attached hydrogen (secondary N) is 1. The lowest BCUT2D eigenvalue weighted by Gasteiger charge is -2.39. The van der Waals surface area contributed by atoms with Gasteiger partial charge >= 0.3 is 5.97 Å². The van der Waals surface area contributed by atoms with E-state index < -0.39 is 29.2 Å². The standard InChI is InChI=1S/C16H20FNO3/c1-10-6-7-13(17)11(9-10)14(19)18-16(2)8-4-3-5-12(16)15(20)21/h6-7,9,12H,3-5,8H2,1-2H3,(H,18,19)(H,20,21). The van der Waals surface area contributed by atoms with Crippen LogP contribution in [-0.4, -0.2) is 22.5 Å². The molecule has 2 unspecified atom stereocenters. The first-order valence-corrected chi connectivity index (χ1v) is 7.15. The van der Waals surface area contributed by atoms with Gasteiger partial charge in [-0.2, -0.15) is 0 Å². The van der Waals surface area contributed by atoms with Crippen LogP contribution in [0.15, 0.2) is 18.2 Å². The van der Waals surface area contributed by atoms with Gasteiger partial charge in [-0.05, 0) is 38.8 Å². The van der Waals surface area contributed by atoms with Gasteiger partial charge in [0.1, 0.15) is 5.82 Å². The Bertz CT molecular complexity index is 573. The monoisotopic (exact) mass is 293 g/mol. The van der Waals surface area contributed by atoms with Gasteiger partial charge in [-0.3, -0.25) is 9.59 Å². The van der Waals surface area contributed by atoms with E-state index in [2.05, 4.69) is 5.32 Å². The minimum absolute atomic E-state index is 0.0362. The van der Waals surface area contributed by atoms with Crippen LogP contribution in [0, 0.1) is 18.7 Å². The second kappa shape index (κ2) is 5.84. The molecule has 0 saturated heterocycles. The molecule has 2 N–H and O–H groups in total. The maximum atomic E-state index is 13.8. The first-order valence-electron chi connectivity index (χ1n) is 7.15. The van der Waals surface area contributed by atoms with Crippen LogP contribution in [-0.2, 0) is 4.79 Å². The molecule has 0 spiro atoms. The smallest absolute Gasteiger partial charge is 0.308 e. The van der Waals surface area contributed by atoms with Gasteiger partial charge < -0.3 is 10.4 Å². The predicted octanol–water partition coefficient (Wildman–Crippen LogP) is 2.90. The SMILES string of the molecule is Cc1ccc(F)c(C(=O)NC2(C)CCCCC2C(=O)O)c1. The lowest BCUT2D eigenvalue weighted by atomic mass is 9.73. The number of hydrogen-bond acceptors (Lipinski definition) is 2. The third-order valence-corrected chi connectivity index (χ3v) is 4.27. The number of carboxylic acid groups (broad SMARTS) is 1. The zero-order valence-corrected chi connectivity index (χ0v) is 12.3. The Balaban J connectivity index is 2.24. The highest BCUT2D eigenvalue weighted by atomic mass is 19.1. The molecule has 1 aliphatic rings. The summed E-state index contributed by atoms with van der Waals surface area (Å²) in [5, 5.41) is 12.1.